The predicted octanol–water partition coefficient (Wildman–Crippen LogP) is 2.85. The molecule has 24 heavy (non-hydrogen) atoms. The van der Waals surface area contributed by atoms with E-state index in [1.807, 2.05) is 0 Å². The van der Waals surface area contributed by atoms with Crippen LogP contribution in [0.15, 0.2) is 12.1 Å². The number of fused-ring (bicyclic) bond motifs is 1. The lowest BCUT2D eigenvalue weighted by Crippen LogP contribution is -2.35. The van der Waals surface area contributed by atoms with Gasteiger partial charge in [0.2, 0.25) is 5.82 Å². The molecular formula is C15H18F3N3O3. The van der Waals surface area contributed by atoms with E-state index in [9.17, 15) is 18.3 Å². The molecule has 132 valence electrons. The molecule has 1 heterocycles. The summed E-state index contributed by atoms with van der Waals surface area (Å²) in [6.07, 6.45) is -4.73. The molecule has 0 atom stereocenters. The summed E-state index contributed by atoms with van der Waals surface area (Å²) < 4.78 is 49.7. The van der Waals surface area contributed by atoms with Crippen LogP contribution in [0.25, 0.3) is 10.9 Å². The molecule has 0 unspecified atom stereocenters. The van der Waals surface area contributed by atoms with E-state index in [2.05, 4.69) is 15.3 Å². The van der Waals surface area contributed by atoms with Gasteiger partial charge in [0.15, 0.2) is 11.5 Å². The summed E-state index contributed by atoms with van der Waals surface area (Å²) in [5.74, 6) is -1.03. The second-order valence-electron chi connectivity index (χ2n) is 5.76. The van der Waals surface area contributed by atoms with Gasteiger partial charge in [0, 0.05) is 5.39 Å². The normalized spacial score (nSPS) is 12.3. The number of aromatic nitrogens is 2. The minimum atomic E-state index is -4.73. The molecule has 2 rings (SSSR count). The third kappa shape index (κ3) is 3.45. The van der Waals surface area contributed by atoms with Crippen LogP contribution in [-0.4, -0.2) is 41.4 Å². The maximum atomic E-state index is 13.2. The molecule has 0 saturated carbocycles. The van der Waals surface area contributed by atoms with Gasteiger partial charge in [-0.15, -0.1) is 0 Å². The van der Waals surface area contributed by atoms with Crippen molar-refractivity contribution in [2.75, 3.05) is 26.1 Å². The van der Waals surface area contributed by atoms with Crippen molar-refractivity contribution in [2.45, 2.75) is 25.6 Å². The van der Waals surface area contributed by atoms with E-state index in [-0.39, 0.29) is 29.4 Å². The van der Waals surface area contributed by atoms with Crippen LogP contribution in [0.5, 0.6) is 11.5 Å². The molecule has 0 spiro atoms. The molecule has 1 aromatic heterocycles. The highest BCUT2D eigenvalue weighted by Gasteiger charge is 2.36. The molecule has 0 saturated heterocycles. The van der Waals surface area contributed by atoms with E-state index in [1.54, 1.807) is 19.9 Å². The minimum Gasteiger partial charge on any atom is -0.493 e. The molecule has 2 N–H and O–H groups in total. The molecule has 6 nitrogen and oxygen atoms in total. The van der Waals surface area contributed by atoms with Crippen molar-refractivity contribution in [1.29, 1.82) is 0 Å². The zero-order valence-corrected chi connectivity index (χ0v) is 13.7. The van der Waals surface area contributed by atoms with Crippen molar-refractivity contribution in [3.8, 4) is 11.5 Å². The van der Waals surface area contributed by atoms with Crippen LogP contribution in [0.3, 0.4) is 0 Å². The van der Waals surface area contributed by atoms with Crippen molar-refractivity contribution in [3.63, 3.8) is 0 Å². The summed E-state index contributed by atoms with van der Waals surface area (Å²) in [5.41, 5.74) is -0.910. The first-order valence-electron chi connectivity index (χ1n) is 7.02. The van der Waals surface area contributed by atoms with Crippen LogP contribution in [0, 0.1) is 0 Å². The highest BCUT2D eigenvalue weighted by Crippen LogP contribution is 2.39. The Morgan fingerprint density at radius 3 is 2.29 bits per heavy atom. The highest BCUT2D eigenvalue weighted by molar-refractivity contribution is 5.95. The van der Waals surface area contributed by atoms with Crippen LogP contribution in [-0.2, 0) is 6.18 Å². The van der Waals surface area contributed by atoms with Gasteiger partial charge in [-0.25, -0.2) is 9.97 Å². The number of methoxy groups -OCH3 is 2. The molecule has 9 heteroatoms. The van der Waals surface area contributed by atoms with Gasteiger partial charge in [0.25, 0.3) is 0 Å². The number of alkyl halides is 3. The Morgan fingerprint density at radius 2 is 1.79 bits per heavy atom. The fourth-order valence-electron chi connectivity index (χ4n) is 2.09. The van der Waals surface area contributed by atoms with Crippen LogP contribution in [0.1, 0.15) is 19.7 Å². The zero-order valence-electron chi connectivity index (χ0n) is 13.7. The number of hydrogen-bond acceptors (Lipinski definition) is 6. The number of rotatable bonds is 5. The average molecular weight is 345 g/mol. The van der Waals surface area contributed by atoms with E-state index >= 15 is 0 Å². The lowest BCUT2D eigenvalue weighted by molar-refractivity contribution is -0.144. The largest absolute Gasteiger partial charge is 0.493 e. The number of nitrogens with zero attached hydrogens (tertiary/aromatic N) is 2. The van der Waals surface area contributed by atoms with Gasteiger partial charge in [-0.3, -0.25) is 0 Å². The van der Waals surface area contributed by atoms with Crippen molar-refractivity contribution in [2.24, 2.45) is 0 Å². The summed E-state index contributed by atoms with van der Waals surface area (Å²) in [4.78, 5) is 7.18. The minimum absolute atomic E-state index is 0.0320. The summed E-state index contributed by atoms with van der Waals surface area (Å²) >= 11 is 0. The molecule has 0 radical (unpaired) electrons. The zero-order chi connectivity index (χ0) is 18.1. The van der Waals surface area contributed by atoms with Gasteiger partial charge in [0.05, 0.1) is 26.4 Å². The van der Waals surface area contributed by atoms with E-state index < -0.39 is 17.5 Å². The number of aliphatic hydroxyl groups is 1. The monoisotopic (exact) mass is 345 g/mol. The predicted molar refractivity (Wildman–Crippen MR) is 82.4 cm³/mol. The fourth-order valence-corrected chi connectivity index (χ4v) is 2.09. The van der Waals surface area contributed by atoms with Crippen molar-refractivity contribution >= 4 is 16.7 Å². The van der Waals surface area contributed by atoms with Crippen LogP contribution >= 0.6 is 0 Å². The van der Waals surface area contributed by atoms with Gasteiger partial charge >= 0.3 is 6.18 Å². The molecule has 0 amide bonds. The average Bonchev–Trinajstić information content (AvgIpc) is 2.52. The molecule has 0 bridgehead atoms. The highest BCUT2D eigenvalue weighted by atomic mass is 19.4. The van der Waals surface area contributed by atoms with Crippen LogP contribution in [0.4, 0.5) is 19.0 Å². The number of nitrogens with one attached hydrogen (secondary N) is 1. The number of anilines is 1. The number of aliphatic hydroxyl groups excluding tert-OH is 1. The first-order valence-corrected chi connectivity index (χ1v) is 7.02. The summed E-state index contributed by atoms with van der Waals surface area (Å²) in [7, 11) is 2.70. The molecule has 0 aliphatic heterocycles. The van der Waals surface area contributed by atoms with Gasteiger partial charge in [0.1, 0.15) is 11.3 Å². The number of ether oxygens (including phenoxy) is 2. The lowest BCUT2D eigenvalue weighted by atomic mass is 10.1. The van der Waals surface area contributed by atoms with Crippen molar-refractivity contribution < 1.29 is 27.8 Å². The SMILES string of the molecule is COc1ccc2c(NC(C)(C)CO)nc(C(F)(F)F)nc2c1OC. The molecule has 0 aliphatic rings. The number of halogens is 3. The van der Waals surface area contributed by atoms with Gasteiger partial charge in [-0.05, 0) is 26.0 Å². The second kappa shape index (κ2) is 6.31. The van der Waals surface area contributed by atoms with Crippen molar-refractivity contribution in [3.05, 3.63) is 18.0 Å². The number of benzene rings is 1. The third-order valence-electron chi connectivity index (χ3n) is 3.32. The van der Waals surface area contributed by atoms with Gasteiger partial charge in [-0.2, -0.15) is 13.2 Å². The Bertz CT molecular complexity index is 748. The molecular weight excluding hydrogens is 327 g/mol. The summed E-state index contributed by atoms with van der Waals surface area (Å²) in [5, 5.41) is 12.5. The van der Waals surface area contributed by atoms with Crippen molar-refractivity contribution in [1.82, 2.24) is 9.97 Å². The molecule has 2 aromatic rings. The van der Waals surface area contributed by atoms with Gasteiger partial charge in [-0.1, -0.05) is 0 Å². The molecule has 1 aromatic carbocycles. The maximum absolute atomic E-state index is 13.2. The first kappa shape index (κ1) is 18.1. The molecule has 0 aliphatic carbocycles. The maximum Gasteiger partial charge on any atom is 0.451 e. The van der Waals surface area contributed by atoms with E-state index in [1.165, 1.54) is 20.3 Å². The van der Waals surface area contributed by atoms with Crippen LogP contribution < -0.4 is 14.8 Å². The Kier molecular flexibility index (Phi) is 4.75. The van der Waals surface area contributed by atoms with E-state index in [0.717, 1.165) is 0 Å². The Balaban J connectivity index is 2.80. The summed E-state index contributed by atoms with van der Waals surface area (Å²) in [6, 6.07) is 3.08. The number of hydrogen-bond donors (Lipinski definition) is 2. The van der Waals surface area contributed by atoms with Crippen LogP contribution in [0.2, 0.25) is 0 Å². The topological polar surface area (TPSA) is 76.5 Å². The Labute approximate surface area is 136 Å². The lowest BCUT2D eigenvalue weighted by Gasteiger charge is -2.25. The van der Waals surface area contributed by atoms with E-state index in [4.69, 9.17) is 9.47 Å². The smallest absolute Gasteiger partial charge is 0.451 e. The standard InChI is InChI=1S/C15H18F3N3O3/c1-14(2,7-22)21-12-8-5-6-9(23-3)11(24-4)10(8)19-13(20-12)15(16,17)18/h5-6,22H,7H2,1-4H3,(H,19,20,21). The quantitative estimate of drug-likeness (QED) is 0.868. The fraction of sp³-hybridized carbons (Fsp3) is 0.467. The molecule has 0 fully saturated rings. The third-order valence-corrected chi connectivity index (χ3v) is 3.32. The van der Waals surface area contributed by atoms with E-state index in [0.29, 0.717) is 5.39 Å². The Hall–Kier alpha value is -2.29. The van der Waals surface area contributed by atoms with Gasteiger partial charge < -0.3 is 19.9 Å². The first-order chi connectivity index (χ1) is 11.1. The second-order valence-corrected chi connectivity index (χ2v) is 5.76. The Morgan fingerprint density at radius 1 is 1.12 bits per heavy atom. The summed E-state index contributed by atoms with van der Waals surface area (Å²) in [6.45, 7) is 2.97.